The van der Waals surface area contributed by atoms with Crippen LogP contribution >= 0.6 is 24.4 Å². The van der Waals surface area contributed by atoms with Crippen molar-refractivity contribution in [2.45, 2.75) is 0 Å². The molecule has 0 aliphatic rings. The fraction of sp³-hybridized carbons (Fsp3) is 1.00. The Hall–Kier alpha value is 0.610. The zero-order valence-corrected chi connectivity index (χ0v) is 8.23. The van der Waals surface area contributed by atoms with E-state index in [0.717, 1.165) is 0 Å². The van der Waals surface area contributed by atoms with E-state index in [0.29, 0.717) is 12.3 Å². The molecule has 10 heavy (non-hydrogen) atoms. The number of thioether (sulfide) groups is 1. The molecule has 0 saturated heterocycles. The summed E-state index contributed by atoms with van der Waals surface area (Å²) in [5.74, 6) is 0.535. The molecular formula is C4H11NO2S3. The van der Waals surface area contributed by atoms with Crippen LogP contribution in [0.25, 0.3) is 0 Å². The van der Waals surface area contributed by atoms with Crippen LogP contribution in [0.15, 0.2) is 0 Å². The van der Waals surface area contributed by atoms with E-state index >= 15 is 0 Å². The van der Waals surface area contributed by atoms with Crippen molar-refractivity contribution in [1.82, 2.24) is 4.72 Å². The molecule has 6 heteroatoms. The molecule has 0 amide bonds. The second-order valence-electron chi connectivity index (χ2n) is 1.64. The Labute approximate surface area is 71.4 Å². The summed E-state index contributed by atoms with van der Waals surface area (Å²) in [6, 6.07) is 0. The maximum Gasteiger partial charge on any atom is 0.220 e. The molecule has 0 unspecified atom stereocenters. The number of hydrogen-bond acceptors (Lipinski definition) is 4. The fourth-order valence-corrected chi connectivity index (χ4v) is 2.65. The van der Waals surface area contributed by atoms with Gasteiger partial charge in [0.05, 0.1) is 0 Å². The van der Waals surface area contributed by atoms with Crippen LogP contribution in [0.4, 0.5) is 0 Å². The van der Waals surface area contributed by atoms with E-state index in [1.54, 1.807) is 6.26 Å². The van der Waals surface area contributed by atoms with Crippen LogP contribution in [0.1, 0.15) is 0 Å². The Morgan fingerprint density at radius 1 is 1.60 bits per heavy atom. The fourth-order valence-electron chi connectivity index (χ4n) is 0.398. The second kappa shape index (κ2) is 5.29. The van der Waals surface area contributed by atoms with Gasteiger partial charge < -0.3 is 0 Å². The Morgan fingerprint density at radius 3 is 2.60 bits per heavy atom. The summed E-state index contributed by atoms with van der Waals surface area (Å²) in [6.45, 7) is 0.409. The van der Waals surface area contributed by atoms with Gasteiger partial charge in [-0.2, -0.15) is 12.6 Å². The van der Waals surface area contributed by atoms with Crippen molar-refractivity contribution in [2.75, 3.05) is 23.6 Å². The molecule has 0 aromatic rings. The van der Waals surface area contributed by atoms with Crippen LogP contribution in [0, 0.1) is 0 Å². The van der Waals surface area contributed by atoms with Gasteiger partial charge >= 0.3 is 0 Å². The first-order valence-corrected chi connectivity index (χ1v) is 6.37. The predicted molar refractivity (Wildman–Crippen MR) is 49.2 cm³/mol. The molecule has 0 heterocycles. The van der Waals surface area contributed by atoms with Gasteiger partial charge in [-0.3, -0.25) is 0 Å². The second-order valence-corrected chi connectivity index (χ2v) is 5.12. The minimum Gasteiger partial charge on any atom is -0.214 e. The SMILES string of the molecule is CSCS(=O)(=O)NCCS. The zero-order valence-electron chi connectivity index (χ0n) is 5.70. The molecule has 0 aromatic carbocycles. The Kier molecular flexibility index (Phi) is 5.61. The van der Waals surface area contributed by atoms with E-state index in [9.17, 15) is 8.42 Å². The molecule has 0 aromatic heterocycles. The van der Waals surface area contributed by atoms with E-state index < -0.39 is 10.0 Å². The zero-order chi connectivity index (χ0) is 8.04. The van der Waals surface area contributed by atoms with Crippen LogP contribution in [0.2, 0.25) is 0 Å². The van der Waals surface area contributed by atoms with Gasteiger partial charge in [-0.05, 0) is 6.26 Å². The highest BCUT2D eigenvalue weighted by Gasteiger charge is 2.05. The quantitative estimate of drug-likeness (QED) is 0.623. The lowest BCUT2D eigenvalue weighted by molar-refractivity contribution is 0.589. The molecule has 62 valence electrons. The molecule has 0 radical (unpaired) electrons. The first-order chi connectivity index (χ1) is 4.62. The number of hydrogen-bond donors (Lipinski definition) is 2. The summed E-state index contributed by atoms with van der Waals surface area (Å²) in [5, 5.41) is 0.126. The van der Waals surface area contributed by atoms with Gasteiger partial charge in [0.2, 0.25) is 10.0 Å². The largest absolute Gasteiger partial charge is 0.220 e. The molecule has 0 aliphatic heterocycles. The van der Waals surface area contributed by atoms with E-state index in [1.165, 1.54) is 11.8 Å². The highest BCUT2D eigenvalue weighted by atomic mass is 32.3. The molecule has 0 bridgehead atoms. The third-order valence-corrected chi connectivity index (χ3v) is 3.76. The van der Waals surface area contributed by atoms with Crippen molar-refractivity contribution in [1.29, 1.82) is 0 Å². The van der Waals surface area contributed by atoms with Gasteiger partial charge in [0.25, 0.3) is 0 Å². The van der Waals surface area contributed by atoms with Gasteiger partial charge in [-0.1, -0.05) is 0 Å². The van der Waals surface area contributed by atoms with Crippen molar-refractivity contribution < 1.29 is 8.42 Å². The van der Waals surface area contributed by atoms with E-state index in [-0.39, 0.29) is 5.08 Å². The molecule has 0 rings (SSSR count). The Bertz CT molecular complexity index is 165. The summed E-state index contributed by atoms with van der Waals surface area (Å²) in [7, 11) is -3.03. The van der Waals surface area contributed by atoms with Crippen LogP contribution in [0.3, 0.4) is 0 Å². The lowest BCUT2D eigenvalue weighted by Crippen LogP contribution is -2.26. The van der Waals surface area contributed by atoms with Crippen molar-refractivity contribution in [3.63, 3.8) is 0 Å². The summed E-state index contributed by atoms with van der Waals surface area (Å²) < 4.78 is 24.0. The van der Waals surface area contributed by atoms with Gasteiger partial charge in [0.1, 0.15) is 5.08 Å². The number of thiol groups is 1. The first-order valence-electron chi connectivity index (χ1n) is 2.69. The maximum atomic E-state index is 10.8. The average molecular weight is 201 g/mol. The average Bonchev–Trinajstić information content (AvgIpc) is 1.84. The van der Waals surface area contributed by atoms with Gasteiger partial charge in [-0.25, -0.2) is 13.1 Å². The highest BCUT2D eigenvalue weighted by Crippen LogP contribution is 1.96. The minimum atomic E-state index is -3.03. The van der Waals surface area contributed by atoms with Crippen molar-refractivity contribution in [2.24, 2.45) is 0 Å². The lowest BCUT2D eigenvalue weighted by Gasteiger charge is -2.01. The van der Waals surface area contributed by atoms with E-state index in [4.69, 9.17) is 0 Å². The lowest BCUT2D eigenvalue weighted by atomic mass is 10.8. The molecule has 0 spiro atoms. The number of rotatable bonds is 5. The summed E-state index contributed by atoms with van der Waals surface area (Å²) >= 11 is 5.15. The van der Waals surface area contributed by atoms with Crippen molar-refractivity contribution in [3.8, 4) is 0 Å². The Balaban J connectivity index is 3.65. The molecule has 0 atom stereocenters. The van der Waals surface area contributed by atoms with E-state index in [1.807, 2.05) is 0 Å². The molecule has 3 nitrogen and oxygen atoms in total. The maximum absolute atomic E-state index is 10.8. The van der Waals surface area contributed by atoms with Crippen molar-refractivity contribution in [3.05, 3.63) is 0 Å². The summed E-state index contributed by atoms with van der Waals surface area (Å²) in [5.41, 5.74) is 0. The highest BCUT2D eigenvalue weighted by molar-refractivity contribution is 8.11. The van der Waals surface area contributed by atoms with E-state index in [2.05, 4.69) is 17.4 Å². The van der Waals surface area contributed by atoms with Crippen molar-refractivity contribution >= 4 is 34.4 Å². The Morgan fingerprint density at radius 2 is 2.20 bits per heavy atom. The van der Waals surface area contributed by atoms with Crippen LogP contribution in [0.5, 0.6) is 0 Å². The first kappa shape index (κ1) is 10.6. The molecule has 0 fully saturated rings. The number of sulfonamides is 1. The third kappa shape index (κ3) is 5.40. The monoisotopic (exact) mass is 201 g/mol. The topological polar surface area (TPSA) is 46.2 Å². The molecular weight excluding hydrogens is 190 g/mol. The van der Waals surface area contributed by atoms with Crippen LogP contribution in [-0.2, 0) is 10.0 Å². The van der Waals surface area contributed by atoms with Crippen LogP contribution in [-0.4, -0.2) is 32.1 Å². The third-order valence-electron chi connectivity index (χ3n) is 0.707. The summed E-state index contributed by atoms with van der Waals surface area (Å²) in [6.07, 6.45) is 1.75. The minimum absolute atomic E-state index is 0.126. The van der Waals surface area contributed by atoms with Gasteiger partial charge in [0, 0.05) is 12.3 Å². The van der Waals surface area contributed by atoms with Gasteiger partial charge in [-0.15, -0.1) is 11.8 Å². The van der Waals surface area contributed by atoms with Gasteiger partial charge in [0.15, 0.2) is 0 Å². The molecule has 0 saturated carbocycles. The van der Waals surface area contributed by atoms with Crippen LogP contribution < -0.4 is 4.72 Å². The molecule has 0 aliphatic carbocycles. The smallest absolute Gasteiger partial charge is 0.214 e. The standard InChI is InChI=1S/C4H11NO2S3/c1-9-4-10(6,7)5-2-3-8/h5,8H,2-4H2,1H3. The number of nitrogens with one attached hydrogen (secondary N) is 1. The predicted octanol–water partition coefficient (Wildman–Crippen LogP) is 0.156. The summed E-state index contributed by atoms with van der Waals surface area (Å²) in [4.78, 5) is 0. The normalized spacial score (nSPS) is 11.8. The molecule has 1 N–H and O–H groups in total.